The van der Waals surface area contributed by atoms with Crippen molar-refractivity contribution in [2.24, 2.45) is 0 Å². The van der Waals surface area contributed by atoms with E-state index in [1.165, 1.54) is 15.0 Å². The van der Waals surface area contributed by atoms with Crippen LogP contribution in [0.25, 0.3) is 0 Å². The van der Waals surface area contributed by atoms with Crippen LogP contribution in [0.3, 0.4) is 0 Å². The summed E-state index contributed by atoms with van der Waals surface area (Å²) in [4.78, 5) is 0. The summed E-state index contributed by atoms with van der Waals surface area (Å²) in [6, 6.07) is 6.61. The minimum Gasteiger partial charge on any atom is -0.147 e. The molecule has 0 fully saturated rings. The van der Waals surface area contributed by atoms with Crippen LogP contribution in [0.5, 0.6) is 5.75 Å². The van der Waals surface area contributed by atoms with Crippen LogP contribution < -0.4 is 3.32 Å². The predicted molar refractivity (Wildman–Crippen MR) is 101 cm³/mol. The van der Waals surface area contributed by atoms with E-state index in [-0.39, 0.29) is 35.6 Å². The van der Waals surface area contributed by atoms with E-state index in [4.69, 9.17) is 3.32 Å². The first-order valence-electron chi connectivity index (χ1n) is 7.62. The molecule has 0 heterocycles. The Balaban J connectivity index is 0.00000242. The van der Waals surface area contributed by atoms with Gasteiger partial charge in [-0.3, -0.25) is 0 Å². The van der Waals surface area contributed by atoms with Gasteiger partial charge in [0.05, 0.1) is 0 Å². The maximum absolute atomic E-state index is 6.42. The minimum absolute atomic E-state index is 0. The van der Waals surface area contributed by atoms with Gasteiger partial charge in [-0.05, 0) is 0 Å². The topological polar surface area (TPSA) is 9.23 Å². The molecule has 1 nitrogen and oxygen atoms in total. The number of para-hydroxylation sites is 1. The Labute approximate surface area is 163 Å². The van der Waals surface area contributed by atoms with Gasteiger partial charge < -0.3 is 0 Å². The summed E-state index contributed by atoms with van der Waals surface area (Å²) in [7, 11) is 0. The molecule has 1 aliphatic carbocycles. The van der Waals surface area contributed by atoms with E-state index in [0.29, 0.717) is 0 Å². The van der Waals surface area contributed by atoms with Crippen molar-refractivity contribution >= 4 is 24.8 Å². The predicted octanol–water partition coefficient (Wildman–Crippen LogP) is 6.35. The Kier molecular flexibility index (Phi) is 8.68. The van der Waals surface area contributed by atoms with Crippen molar-refractivity contribution in [3.05, 3.63) is 51.4 Å². The zero-order valence-electron chi connectivity index (χ0n) is 14.9. The smallest absolute Gasteiger partial charge is 0.147 e. The summed E-state index contributed by atoms with van der Waals surface area (Å²) in [5.74, 6) is 1.13. The van der Waals surface area contributed by atoms with Gasteiger partial charge in [-0.15, -0.1) is 24.8 Å². The van der Waals surface area contributed by atoms with Gasteiger partial charge in [-0.25, -0.2) is 0 Å². The molecule has 0 N–H and O–H groups in total. The first kappa shape index (κ1) is 22.8. The quantitative estimate of drug-likeness (QED) is 0.546. The molecule has 0 aliphatic heterocycles. The fraction of sp³-hybridized carbons (Fsp3) is 0.474. The summed E-state index contributed by atoms with van der Waals surface area (Å²) in [6.07, 6.45) is 7.64. The number of hydrogen-bond donors (Lipinski definition) is 0. The summed E-state index contributed by atoms with van der Waals surface area (Å²) in [6.45, 7) is 13.6. The van der Waals surface area contributed by atoms with Crippen LogP contribution in [0.15, 0.2) is 40.3 Å². The Hall–Kier alpha value is -0.206. The molecule has 0 radical (unpaired) electrons. The van der Waals surface area contributed by atoms with Crippen molar-refractivity contribution in [2.75, 3.05) is 0 Å². The maximum atomic E-state index is 6.42. The van der Waals surface area contributed by atoms with E-state index in [0.717, 1.165) is 12.2 Å². The van der Waals surface area contributed by atoms with E-state index in [1.54, 1.807) is 0 Å². The number of allylic oxidation sites excluding steroid dienone is 4. The number of hydrogen-bond acceptors (Lipinski definition) is 1. The van der Waals surface area contributed by atoms with E-state index < -0.39 is 19.5 Å². The van der Waals surface area contributed by atoms with Gasteiger partial charge in [0.2, 0.25) is 0 Å². The normalized spacial score (nSPS) is 13.7. The maximum Gasteiger partial charge on any atom is -0.147 e. The molecule has 2 rings (SSSR count). The van der Waals surface area contributed by atoms with E-state index >= 15 is 0 Å². The fourth-order valence-electron chi connectivity index (χ4n) is 2.47. The molecule has 1 aromatic carbocycles. The molecule has 0 bridgehead atoms. The molecule has 0 atom stereocenters. The Morgan fingerprint density at radius 2 is 1.43 bits per heavy atom. The zero-order valence-corrected chi connectivity index (χ0v) is 18.1. The molecule has 0 unspecified atom stereocenters. The number of halogens is 2. The van der Waals surface area contributed by atoms with Crippen LogP contribution >= 0.6 is 24.8 Å². The first-order valence-corrected chi connectivity index (χ1v) is 9.04. The fourth-order valence-corrected chi connectivity index (χ4v) is 3.75. The average Bonchev–Trinajstić information content (AvgIpc) is 2.86. The van der Waals surface area contributed by atoms with Crippen LogP contribution in [0, 0.1) is 0 Å². The van der Waals surface area contributed by atoms with Crippen molar-refractivity contribution in [3.8, 4) is 5.75 Å². The van der Waals surface area contributed by atoms with Crippen molar-refractivity contribution in [1.82, 2.24) is 0 Å². The summed E-state index contributed by atoms with van der Waals surface area (Å²) in [5, 5.41) is 0. The third-order valence-electron chi connectivity index (χ3n) is 3.69. The molecule has 23 heavy (non-hydrogen) atoms. The van der Waals surface area contributed by atoms with Gasteiger partial charge in [0.1, 0.15) is 0 Å². The second-order valence-electron chi connectivity index (χ2n) is 7.71. The summed E-state index contributed by atoms with van der Waals surface area (Å²) in [5.41, 5.74) is 2.85. The molecular weight excluding hydrogens is 363 g/mol. The monoisotopic (exact) mass is 390 g/mol. The first-order chi connectivity index (χ1) is 9.69. The van der Waals surface area contributed by atoms with Crippen LogP contribution in [0.1, 0.15) is 59.1 Å². The molecule has 4 heteroatoms. The number of benzene rings is 1. The van der Waals surface area contributed by atoms with Crippen molar-refractivity contribution in [2.45, 2.75) is 58.8 Å². The molecule has 1 aliphatic rings. The van der Waals surface area contributed by atoms with Crippen LogP contribution in [-0.2, 0) is 30.4 Å². The van der Waals surface area contributed by atoms with Gasteiger partial charge in [-0.1, -0.05) is 0 Å². The van der Waals surface area contributed by atoms with Gasteiger partial charge >= 0.3 is 139 Å². The molecule has 128 valence electrons. The minimum atomic E-state index is -0.535. The van der Waals surface area contributed by atoms with E-state index in [9.17, 15) is 0 Å². The average molecular weight is 391 g/mol. The second-order valence-corrected chi connectivity index (χ2v) is 9.35. The molecule has 0 aromatic heterocycles. The van der Waals surface area contributed by atoms with Gasteiger partial charge in [0.15, 0.2) is 0 Å². The van der Waals surface area contributed by atoms with Crippen molar-refractivity contribution in [3.63, 3.8) is 0 Å². The Bertz CT molecular complexity index is 546. The molecule has 0 saturated carbocycles. The van der Waals surface area contributed by atoms with Crippen LogP contribution in [0.4, 0.5) is 0 Å². The summed E-state index contributed by atoms with van der Waals surface area (Å²) < 4.78 is 7.89. The molecule has 0 spiro atoms. The largest absolute Gasteiger partial charge is 0.147 e. The van der Waals surface area contributed by atoms with Gasteiger partial charge in [0, 0.05) is 0 Å². The van der Waals surface area contributed by atoms with Crippen LogP contribution in [-0.4, -0.2) is 0 Å². The molecule has 0 saturated heterocycles. The Morgan fingerprint density at radius 3 is 1.83 bits per heavy atom. The molecule has 1 aromatic rings. The van der Waals surface area contributed by atoms with Crippen molar-refractivity contribution < 1.29 is 22.9 Å². The third kappa shape index (κ3) is 5.98. The van der Waals surface area contributed by atoms with E-state index in [1.807, 2.05) is 0 Å². The van der Waals surface area contributed by atoms with Crippen molar-refractivity contribution in [1.29, 1.82) is 0 Å². The SMILES string of the molecule is CC(C)(C)c1cccc(C(C)(C)C)c1[O][Ti][C]1=CC=CC1.Cl.Cl. The molecular formula is C19H28Cl2OTi. The zero-order chi connectivity index (χ0) is 15.7. The number of rotatable bonds is 3. The van der Waals surface area contributed by atoms with Gasteiger partial charge in [-0.2, -0.15) is 0 Å². The van der Waals surface area contributed by atoms with Crippen LogP contribution in [0.2, 0.25) is 0 Å². The molecule has 0 amide bonds. The van der Waals surface area contributed by atoms with Gasteiger partial charge in [0.25, 0.3) is 0 Å². The second kappa shape index (κ2) is 8.76. The third-order valence-corrected chi connectivity index (χ3v) is 5.15. The van der Waals surface area contributed by atoms with E-state index in [2.05, 4.69) is 78.0 Å². The summed E-state index contributed by atoms with van der Waals surface area (Å²) >= 11 is -0.535. The standard InChI is InChI=1S/C14H22O.C5H5.2ClH.Ti/c1-13(2,3)10-8-7-9-11(12(10)15)14(4,5)6;1-2-4-5-3-1;;;/h7-9,15H,1-6H3;1-3H,4H2;2*1H;/q;;;;+1/p-1. The Morgan fingerprint density at radius 1 is 0.913 bits per heavy atom.